The summed E-state index contributed by atoms with van der Waals surface area (Å²) in [6.45, 7) is 5.99. The van der Waals surface area contributed by atoms with Gasteiger partial charge in [0.2, 0.25) is 5.91 Å². The van der Waals surface area contributed by atoms with Gasteiger partial charge in [-0.15, -0.1) is 4.36 Å². The molecule has 2 heterocycles. The number of hydrogen-bond acceptors (Lipinski definition) is 6. The first-order valence-electron chi connectivity index (χ1n) is 15.7. The number of methoxy groups -OCH3 is 1. The molecule has 0 aromatic heterocycles. The van der Waals surface area contributed by atoms with Gasteiger partial charge in [-0.3, -0.25) is 14.3 Å². The molecule has 10 heteroatoms. The lowest BCUT2D eigenvalue weighted by Crippen LogP contribution is -2.33. The Morgan fingerprint density at radius 2 is 2.05 bits per heavy atom. The summed E-state index contributed by atoms with van der Waals surface area (Å²) in [5.41, 5.74) is 3.80. The Bertz CT molecular complexity index is 1620. The van der Waals surface area contributed by atoms with Gasteiger partial charge < -0.3 is 14.4 Å². The molecule has 1 spiro atoms. The van der Waals surface area contributed by atoms with E-state index in [4.69, 9.17) is 21.1 Å². The third-order valence-electron chi connectivity index (χ3n) is 10.1. The van der Waals surface area contributed by atoms with E-state index in [0.717, 1.165) is 42.9 Å². The van der Waals surface area contributed by atoms with Gasteiger partial charge in [0.15, 0.2) is 0 Å². The predicted molar refractivity (Wildman–Crippen MR) is 173 cm³/mol. The van der Waals surface area contributed by atoms with Crippen molar-refractivity contribution in [3.63, 3.8) is 0 Å². The molecule has 8 nitrogen and oxygen atoms in total. The van der Waals surface area contributed by atoms with E-state index in [9.17, 15) is 13.8 Å². The largest absolute Gasteiger partial charge is 0.491 e. The van der Waals surface area contributed by atoms with Crippen LogP contribution in [-0.2, 0) is 32.4 Å². The third-order valence-corrected chi connectivity index (χ3v) is 12.2. The molecule has 44 heavy (non-hydrogen) atoms. The summed E-state index contributed by atoms with van der Waals surface area (Å²) in [6.07, 6.45) is 9.34. The molecule has 6 rings (SSSR count). The third kappa shape index (κ3) is 5.90. The molecule has 2 aromatic rings. The second kappa shape index (κ2) is 12.1. The topological polar surface area (TPSA) is 97.3 Å². The maximum Gasteiger partial charge on any atom is 0.286 e. The van der Waals surface area contributed by atoms with Gasteiger partial charge in [-0.1, -0.05) is 43.7 Å². The molecule has 2 aliphatic heterocycles. The fourth-order valence-corrected chi connectivity index (χ4v) is 9.34. The van der Waals surface area contributed by atoms with E-state index in [1.807, 2.05) is 18.2 Å². The van der Waals surface area contributed by atoms with Crippen LogP contribution in [0.15, 0.2) is 52.9 Å². The van der Waals surface area contributed by atoms with Crippen LogP contribution >= 0.6 is 11.6 Å². The molecule has 0 radical (unpaired) electrons. The molecule has 2 aromatic carbocycles. The molecule has 2 saturated carbocycles. The molecule has 2 amide bonds. The maximum atomic E-state index is 13.8. The molecule has 1 unspecified atom stereocenters. The van der Waals surface area contributed by atoms with Crippen molar-refractivity contribution in [2.75, 3.05) is 30.9 Å². The zero-order valence-corrected chi connectivity index (χ0v) is 27.3. The van der Waals surface area contributed by atoms with E-state index < -0.39 is 21.7 Å². The first-order chi connectivity index (χ1) is 21.1. The summed E-state index contributed by atoms with van der Waals surface area (Å²) in [5.74, 6) is 0.138. The highest BCUT2D eigenvalue weighted by Crippen LogP contribution is 2.91. The first kappa shape index (κ1) is 31.1. The quantitative estimate of drug-likeness (QED) is 0.385. The molecule has 2 fully saturated rings. The van der Waals surface area contributed by atoms with Crippen molar-refractivity contribution < 1.29 is 23.3 Å². The van der Waals surface area contributed by atoms with Gasteiger partial charge in [0.1, 0.15) is 15.7 Å². The van der Waals surface area contributed by atoms with Crippen molar-refractivity contribution in [2.45, 2.75) is 71.4 Å². The number of amides is 2. The number of nitrogens with zero attached hydrogens (tertiary/aromatic N) is 2. The van der Waals surface area contributed by atoms with Gasteiger partial charge in [-0.25, -0.2) is 4.21 Å². The number of halogens is 1. The van der Waals surface area contributed by atoms with E-state index in [2.05, 4.69) is 45.2 Å². The lowest BCUT2D eigenvalue weighted by atomic mass is 9.94. The van der Waals surface area contributed by atoms with Crippen LogP contribution in [-0.4, -0.2) is 48.1 Å². The second-order valence-corrected chi connectivity index (χ2v) is 15.4. The van der Waals surface area contributed by atoms with Crippen molar-refractivity contribution in [1.82, 2.24) is 4.72 Å². The lowest BCUT2D eigenvalue weighted by molar-refractivity contribution is -0.118. The van der Waals surface area contributed by atoms with Gasteiger partial charge in [0.05, 0.1) is 24.2 Å². The Morgan fingerprint density at radius 1 is 1.20 bits per heavy atom. The zero-order chi connectivity index (χ0) is 31.1. The summed E-state index contributed by atoms with van der Waals surface area (Å²) in [7, 11) is -1.55. The summed E-state index contributed by atoms with van der Waals surface area (Å²) in [5, 5.41) is 0.724. The highest BCUT2D eigenvalue weighted by Gasteiger charge is 2.89. The van der Waals surface area contributed by atoms with E-state index >= 15 is 0 Å². The number of ether oxygens (including phenoxy) is 2. The number of allylic oxidation sites excluding steroid dienone is 1. The van der Waals surface area contributed by atoms with Gasteiger partial charge in [0, 0.05) is 48.5 Å². The van der Waals surface area contributed by atoms with Crippen LogP contribution in [0.4, 0.5) is 5.69 Å². The number of nitrogens with one attached hydrogen (secondary N) is 1. The first-order valence-corrected chi connectivity index (χ1v) is 17.8. The average molecular weight is 640 g/mol. The zero-order valence-electron chi connectivity index (χ0n) is 25.8. The summed E-state index contributed by atoms with van der Waals surface area (Å²) in [6, 6.07) is 11.5. The Labute approximate surface area is 265 Å². The Kier molecular flexibility index (Phi) is 8.58. The number of carbonyl (C=O) groups excluding carboxylic acids is 2. The standard InChI is InChI=1S/C34H42ClN3O5S/c1-4-30(39)36-44(41)17-9-5-6-11-29(42-3)31-33(2)21-34(31,33)22-38-20-25-12-14-26(35)18-23(25)10-7-8-16-43-28-15-13-24(19-27(28)38)32(40)37-44/h6,11-15,18-19,29,31H,4-5,7-10,16-17,20-22H2,1-3H3,(H,36,37,39,40,41)/b11-6+/t29-,31+,33-,34-,44?/m0/s1. The van der Waals surface area contributed by atoms with E-state index in [0.29, 0.717) is 43.2 Å². The van der Waals surface area contributed by atoms with E-state index in [-0.39, 0.29) is 29.1 Å². The van der Waals surface area contributed by atoms with Crippen LogP contribution < -0.4 is 14.4 Å². The number of benzene rings is 2. The SMILES string of the molecule is CCC(=O)NS1(=O)=NC(=O)c2ccc3c(c2)N(Cc2ccc(Cl)cc2CCCCO3)C[C@]23C[C@@]2(C)[C@H]3[C@@H](OC)/C=C/CCC1. The van der Waals surface area contributed by atoms with E-state index in [1.54, 1.807) is 20.1 Å². The van der Waals surface area contributed by atoms with Crippen LogP contribution in [0.3, 0.4) is 0 Å². The number of carbonyl (C=O) groups is 2. The van der Waals surface area contributed by atoms with Crippen molar-refractivity contribution in [3.8, 4) is 5.75 Å². The minimum atomic E-state index is -3.31. The summed E-state index contributed by atoms with van der Waals surface area (Å²) >= 11 is 6.44. The number of aryl methyl sites for hydroxylation is 1. The molecular weight excluding hydrogens is 598 g/mol. The van der Waals surface area contributed by atoms with Gasteiger partial charge in [-0.05, 0) is 85.4 Å². The molecule has 1 N–H and O–H groups in total. The molecule has 0 saturated heterocycles. The Morgan fingerprint density at radius 3 is 2.82 bits per heavy atom. The number of fused-ring (bicyclic) bond motifs is 3. The van der Waals surface area contributed by atoms with Crippen LogP contribution in [0.1, 0.15) is 73.9 Å². The Balaban J connectivity index is 1.48. The number of hydrogen-bond donors (Lipinski definition) is 1. The maximum absolute atomic E-state index is 13.8. The molecule has 5 atom stereocenters. The van der Waals surface area contributed by atoms with Crippen molar-refractivity contribution >= 4 is 39.0 Å². The fraction of sp³-hybridized carbons (Fsp3) is 0.529. The monoisotopic (exact) mass is 639 g/mol. The smallest absolute Gasteiger partial charge is 0.286 e. The molecule has 2 aliphatic carbocycles. The van der Waals surface area contributed by atoms with Crippen LogP contribution in [0, 0.1) is 16.7 Å². The summed E-state index contributed by atoms with van der Waals surface area (Å²) in [4.78, 5) is 28.3. The molecule has 236 valence electrons. The Hall–Kier alpha value is -2.88. The predicted octanol–water partition coefficient (Wildman–Crippen LogP) is 6.50. The van der Waals surface area contributed by atoms with Crippen LogP contribution in [0.25, 0.3) is 0 Å². The van der Waals surface area contributed by atoms with Gasteiger partial charge >= 0.3 is 0 Å². The van der Waals surface area contributed by atoms with Gasteiger partial charge in [0.25, 0.3) is 5.91 Å². The number of anilines is 1. The van der Waals surface area contributed by atoms with Crippen molar-refractivity contribution in [2.24, 2.45) is 21.1 Å². The fourth-order valence-electron chi connectivity index (χ4n) is 7.48. The lowest BCUT2D eigenvalue weighted by Gasteiger charge is -2.31. The molecule has 4 aliphatic rings. The molecular formula is C34H42ClN3O5S. The van der Waals surface area contributed by atoms with Gasteiger partial charge in [-0.2, -0.15) is 0 Å². The minimum Gasteiger partial charge on any atom is -0.491 e. The minimum absolute atomic E-state index is 0.0332. The normalized spacial score (nSPS) is 32.4. The van der Waals surface area contributed by atoms with E-state index in [1.165, 1.54) is 11.1 Å². The average Bonchev–Trinajstić information content (AvgIpc) is 3.77. The van der Waals surface area contributed by atoms with Crippen LogP contribution in [0.5, 0.6) is 5.75 Å². The van der Waals surface area contributed by atoms with Crippen molar-refractivity contribution in [1.29, 1.82) is 0 Å². The highest BCUT2D eigenvalue weighted by atomic mass is 35.5. The second-order valence-electron chi connectivity index (χ2n) is 12.9. The number of rotatable bonds is 3. The van der Waals surface area contributed by atoms with Crippen molar-refractivity contribution in [3.05, 3.63) is 70.3 Å². The summed E-state index contributed by atoms with van der Waals surface area (Å²) < 4.78 is 32.9. The van der Waals surface area contributed by atoms with Crippen LogP contribution in [0.2, 0.25) is 5.02 Å². The highest BCUT2D eigenvalue weighted by molar-refractivity contribution is 7.92. The molecule has 2 bridgehead atoms.